The Bertz CT molecular complexity index is 470. The van der Waals surface area contributed by atoms with Gasteiger partial charge >= 0.3 is 5.97 Å². The maximum Gasteiger partial charge on any atom is 0.390 e. The summed E-state index contributed by atoms with van der Waals surface area (Å²) < 4.78 is 5.58. The van der Waals surface area contributed by atoms with E-state index in [1.54, 1.807) is 18.2 Å². The van der Waals surface area contributed by atoms with Gasteiger partial charge in [0.05, 0.1) is 6.61 Å². The minimum atomic E-state index is -1.18. The summed E-state index contributed by atoms with van der Waals surface area (Å²) in [4.78, 5) is 11.0. The lowest BCUT2D eigenvalue weighted by molar-refractivity contribution is 0.0568. The summed E-state index contributed by atoms with van der Waals surface area (Å²) in [5, 5.41) is 11.0. The number of carbonyl (C=O) groups excluding carboxylic acids is 1. The standard InChI is InChI=1S/C23H37O3/c1-2-3-4-5-6-7-8-9-10-11-12-13-14-17-20-26-22-19-16-15-18-21(22)23(24)25/h15-16,18-19H,2-14,17,20H2,1H3. The molecule has 3 heteroatoms. The van der Waals surface area contributed by atoms with Crippen LogP contribution in [0, 0.1) is 0 Å². The minimum absolute atomic E-state index is 0.137. The monoisotopic (exact) mass is 361 g/mol. The van der Waals surface area contributed by atoms with E-state index >= 15 is 0 Å². The van der Waals surface area contributed by atoms with Gasteiger partial charge in [-0.15, -0.1) is 0 Å². The summed E-state index contributed by atoms with van der Waals surface area (Å²) in [5.74, 6) is -0.760. The molecule has 0 unspecified atom stereocenters. The first-order chi connectivity index (χ1) is 12.8. The summed E-state index contributed by atoms with van der Waals surface area (Å²) in [5.41, 5.74) is 0.137. The predicted octanol–water partition coefficient (Wildman–Crippen LogP) is 7.12. The summed E-state index contributed by atoms with van der Waals surface area (Å²) in [6, 6.07) is 6.68. The van der Waals surface area contributed by atoms with E-state index in [-0.39, 0.29) is 5.56 Å². The Kier molecular flexibility index (Phi) is 13.6. The molecule has 147 valence electrons. The minimum Gasteiger partial charge on any atom is -0.493 e. The third-order valence-corrected chi connectivity index (χ3v) is 4.86. The zero-order chi connectivity index (χ0) is 18.9. The van der Waals surface area contributed by atoms with Crippen molar-refractivity contribution in [2.45, 2.75) is 96.8 Å². The molecule has 0 atom stereocenters. The first-order valence-electron chi connectivity index (χ1n) is 10.7. The van der Waals surface area contributed by atoms with E-state index in [9.17, 15) is 9.90 Å². The molecule has 3 nitrogen and oxygen atoms in total. The second-order valence-electron chi connectivity index (χ2n) is 7.23. The van der Waals surface area contributed by atoms with Gasteiger partial charge in [0.15, 0.2) is 0 Å². The van der Waals surface area contributed by atoms with Crippen molar-refractivity contribution in [3.05, 3.63) is 29.8 Å². The number of benzene rings is 1. The largest absolute Gasteiger partial charge is 0.493 e. The average Bonchev–Trinajstić information content (AvgIpc) is 2.65. The summed E-state index contributed by atoms with van der Waals surface area (Å²) in [7, 11) is 0. The Labute approximate surface area is 160 Å². The van der Waals surface area contributed by atoms with Crippen LogP contribution in [0.4, 0.5) is 0 Å². The van der Waals surface area contributed by atoms with Crippen LogP contribution in [0.2, 0.25) is 0 Å². The van der Waals surface area contributed by atoms with E-state index in [0.717, 1.165) is 12.8 Å². The number of rotatable bonds is 17. The molecule has 0 heterocycles. The molecule has 0 saturated carbocycles. The van der Waals surface area contributed by atoms with Crippen molar-refractivity contribution < 1.29 is 14.6 Å². The topological polar surface area (TPSA) is 46.2 Å². The molecule has 1 rings (SSSR count). The molecule has 0 spiro atoms. The van der Waals surface area contributed by atoms with Crippen molar-refractivity contribution in [2.75, 3.05) is 6.61 Å². The Morgan fingerprint density at radius 2 is 1.19 bits per heavy atom. The fourth-order valence-corrected chi connectivity index (χ4v) is 3.24. The number of hydrogen-bond acceptors (Lipinski definition) is 2. The molecule has 0 bridgehead atoms. The van der Waals surface area contributed by atoms with Crippen molar-refractivity contribution in [1.82, 2.24) is 0 Å². The highest BCUT2D eigenvalue weighted by atomic mass is 16.5. The molecule has 0 aliphatic carbocycles. The lowest BCUT2D eigenvalue weighted by Crippen LogP contribution is -2.03. The Balaban J connectivity index is 1.88. The fraction of sp³-hybridized carbons (Fsp3) is 0.696. The van der Waals surface area contributed by atoms with Crippen molar-refractivity contribution >= 4 is 5.97 Å². The van der Waals surface area contributed by atoms with Crippen molar-refractivity contribution in [1.29, 1.82) is 0 Å². The van der Waals surface area contributed by atoms with Gasteiger partial charge in [0.25, 0.3) is 0 Å². The van der Waals surface area contributed by atoms with Gasteiger partial charge in [0, 0.05) is 0 Å². The lowest BCUT2D eigenvalue weighted by atomic mass is 10.0. The number of carbonyl (C=O) groups is 1. The van der Waals surface area contributed by atoms with Crippen LogP contribution >= 0.6 is 0 Å². The quantitative estimate of drug-likeness (QED) is 0.277. The first-order valence-corrected chi connectivity index (χ1v) is 10.7. The smallest absolute Gasteiger partial charge is 0.390 e. The van der Waals surface area contributed by atoms with Gasteiger partial charge in [-0.25, -0.2) is 9.90 Å². The molecule has 26 heavy (non-hydrogen) atoms. The number of hydrogen-bond donors (Lipinski definition) is 0. The molecule has 1 radical (unpaired) electrons. The number of unbranched alkanes of at least 4 members (excludes halogenated alkanes) is 13. The maximum absolute atomic E-state index is 11.0. The van der Waals surface area contributed by atoms with Gasteiger partial charge in [0.1, 0.15) is 11.3 Å². The third-order valence-electron chi connectivity index (χ3n) is 4.86. The van der Waals surface area contributed by atoms with Crippen LogP contribution in [0.1, 0.15) is 107 Å². The van der Waals surface area contributed by atoms with Crippen LogP contribution in [0.25, 0.3) is 0 Å². The second-order valence-corrected chi connectivity index (χ2v) is 7.23. The normalized spacial score (nSPS) is 10.8. The Morgan fingerprint density at radius 1 is 0.731 bits per heavy atom. The van der Waals surface area contributed by atoms with E-state index in [4.69, 9.17) is 4.74 Å². The SMILES string of the molecule is CCCCCCCCCCCCCCCCOc1ccccc1C([O])=O. The van der Waals surface area contributed by atoms with Crippen LogP contribution in [0.15, 0.2) is 24.3 Å². The molecule has 0 aliphatic heterocycles. The van der Waals surface area contributed by atoms with E-state index in [1.807, 2.05) is 0 Å². The highest BCUT2D eigenvalue weighted by Gasteiger charge is 2.11. The molecule has 0 aliphatic rings. The van der Waals surface area contributed by atoms with Gasteiger partial charge < -0.3 is 4.74 Å². The molecule has 0 fully saturated rings. The molecule has 0 aromatic heterocycles. The lowest BCUT2D eigenvalue weighted by Gasteiger charge is -2.08. The average molecular weight is 362 g/mol. The number of para-hydroxylation sites is 1. The first kappa shape index (κ1) is 22.5. The van der Waals surface area contributed by atoms with Gasteiger partial charge in [-0.2, -0.15) is 0 Å². The van der Waals surface area contributed by atoms with Crippen LogP contribution in [0.3, 0.4) is 0 Å². The molecule has 1 aromatic carbocycles. The zero-order valence-corrected chi connectivity index (χ0v) is 16.6. The van der Waals surface area contributed by atoms with Crippen LogP contribution in [-0.4, -0.2) is 12.6 Å². The number of ether oxygens (including phenoxy) is 1. The van der Waals surface area contributed by atoms with E-state index in [0.29, 0.717) is 12.4 Å². The van der Waals surface area contributed by atoms with Gasteiger partial charge in [-0.3, -0.25) is 0 Å². The van der Waals surface area contributed by atoms with E-state index in [2.05, 4.69) is 6.92 Å². The third kappa shape index (κ3) is 11.2. The van der Waals surface area contributed by atoms with Gasteiger partial charge in [-0.05, 0) is 18.6 Å². The molecular weight excluding hydrogens is 324 g/mol. The van der Waals surface area contributed by atoms with Crippen LogP contribution in [0.5, 0.6) is 5.75 Å². The van der Waals surface area contributed by atoms with Crippen LogP contribution < -0.4 is 4.74 Å². The van der Waals surface area contributed by atoms with Crippen molar-refractivity contribution in [2.24, 2.45) is 0 Å². The van der Waals surface area contributed by atoms with Crippen molar-refractivity contribution in [3.8, 4) is 5.75 Å². The molecule has 0 saturated heterocycles. The van der Waals surface area contributed by atoms with Gasteiger partial charge in [-0.1, -0.05) is 103 Å². The maximum atomic E-state index is 11.0. The van der Waals surface area contributed by atoms with Crippen LogP contribution in [-0.2, 0) is 5.11 Å². The second kappa shape index (κ2) is 15.7. The highest BCUT2D eigenvalue weighted by molar-refractivity contribution is 5.90. The molecule has 1 aromatic rings. The van der Waals surface area contributed by atoms with E-state index < -0.39 is 5.97 Å². The summed E-state index contributed by atoms with van der Waals surface area (Å²) in [6.45, 7) is 2.84. The fourth-order valence-electron chi connectivity index (χ4n) is 3.24. The summed E-state index contributed by atoms with van der Waals surface area (Å²) >= 11 is 0. The highest BCUT2D eigenvalue weighted by Crippen LogP contribution is 2.18. The van der Waals surface area contributed by atoms with E-state index in [1.165, 1.54) is 83.1 Å². The Hall–Kier alpha value is -1.51. The van der Waals surface area contributed by atoms with Gasteiger partial charge in [0.2, 0.25) is 0 Å². The predicted molar refractivity (Wildman–Crippen MR) is 107 cm³/mol. The molecule has 0 N–H and O–H groups in total. The van der Waals surface area contributed by atoms with Crippen molar-refractivity contribution in [3.63, 3.8) is 0 Å². The Morgan fingerprint density at radius 3 is 1.69 bits per heavy atom. The summed E-state index contributed by atoms with van der Waals surface area (Å²) in [6.07, 6.45) is 18.5. The zero-order valence-electron chi connectivity index (χ0n) is 16.6. The molecule has 0 amide bonds. The molecular formula is C23H37O3.